The number of rotatable bonds is 4. The lowest BCUT2D eigenvalue weighted by Gasteiger charge is -2.39. The predicted octanol–water partition coefficient (Wildman–Crippen LogP) is 7.06. The Bertz CT molecular complexity index is 1300. The fraction of sp³-hybridized carbons (Fsp3) is 0.286. The first kappa shape index (κ1) is 24.3. The lowest BCUT2D eigenvalue weighted by molar-refractivity contribution is 0.0977. The third kappa shape index (κ3) is 4.99. The van der Waals surface area contributed by atoms with Crippen molar-refractivity contribution in [3.63, 3.8) is 0 Å². The van der Waals surface area contributed by atoms with Crippen molar-refractivity contribution in [2.45, 2.75) is 25.2 Å². The summed E-state index contributed by atoms with van der Waals surface area (Å²) >= 11 is 18.4. The molecule has 3 heterocycles. The molecule has 4 nitrogen and oxygen atoms in total. The van der Waals surface area contributed by atoms with Crippen LogP contribution in [0.3, 0.4) is 0 Å². The highest BCUT2D eigenvalue weighted by molar-refractivity contribution is 6.35. The molecule has 1 amide bonds. The SMILES string of the molecule is Cc1ccc2c(c1)C1(CCN(C/C=C/c3ccc(Cl)cc3Cl)CC1)CN2C(=O)c1ccnc(Cl)c1. The Balaban J connectivity index is 1.31. The van der Waals surface area contributed by atoms with Gasteiger partial charge < -0.3 is 4.90 Å². The molecule has 0 N–H and O–H groups in total. The highest BCUT2D eigenvalue weighted by Gasteiger charge is 2.46. The molecule has 0 radical (unpaired) electrons. The van der Waals surface area contributed by atoms with Crippen LogP contribution in [0.25, 0.3) is 6.08 Å². The van der Waals surface area contributed by atoms with Gasteiger partial charge in [-0.25, -0.2) is 4.98 Å². The molecule has 0 saturated carbocycles. The zero-order valence-corrected chi connectivity index (χ0v) is 21.7. The van der Waals surface area contributed by atoms with Crippen molar-refractivity contribution >= 4 is 52.5 Å². The lowest BCUT2D eigenvalue weighted by Crippen LogP contribution is -2.46. The van der Waals surface area contributed by atoms with Crippen LogP contribution >= 0.6 is 34.8 Å². The van der Waals surface area contributed by atoms with Crippen molar-refractivity contribution in [3.8, 4) is 0 Å². The fourth-order valence-electron chi connectivity index (χ4n) is 5.21. The molecule has 1 fully saturated rings. The van der Waals surface area contributed by atoms with Gasteiger partial charge in [-0.15, -0.1) is 0 Å². The van der Waals surface area contributed by atoms with Gasteiger partial charge >= 0.3 is 0 Å². The molecule has 2 aliphatic heterocycles. The van der Waals surface area contributed by atoms with Crippen LogP contribution in [0.1, 0.15) is 39.9 Å². The minimum Gasteiger partial charge on any atom is -0.307 e. The highest BCUT2D eigenvalue weighted by Crippen LogP contribution is 2.47. The molecule has 2 aliphatic rings. The van der Waals surface area contributed by atoms with E-state index in [2.05, 4.69) is 47.2 Å². The molecule has 1 spiro atoms. The standard InChI is InChI=1S/C28H26Cl3N3O/c1-19-4-7-25-23(15-19)28(18-34(25)27(35)21-8-11-32-26(31)16-21)9-13-33(14-10-28)12-2-3-20-5-6-22(29)17-24(20)30/h2-8,11,15-17H,9-10,12-14,18H2,1H3/b3-2+. The van der Waals surface area contributed by atoms with Crippen LogP contribution in [0.2, 0.25) is 15.2 Å². The number of carbonyl (C=O) groups excluding carboxylic acids is 1. The number of carbonyl (C=O) groups is 1. The maximum absolute atomic E-state index is 13.5. The number of hydrogen-bond donors (Lipinski definition) is 0. The molecule has 0 unspecified atom stereocenters. The summed E-state index contributed by atoms with van der Waals surface area (Å²) in [4.78, 5) is 21.9. The quantitative estimate of drug-likeness (QED) is 0.342. The number of fused-ring (bicyclic) bond motifs is 2. The second-order valence-electron chi connectivity index (χ2n) is 9.43. The smallest absolute Gasteiger partial charge is 0.258 e. The van der Waals surface area contributed by atoms with E-state index in [1.807, 2.05) is 17.0 Å². The minimum absolute atomic E-state index is 0.0264. The van der Waals surface area contributed by atoms with Crippen molar-refractivity contribution in [2.75, 3.05) is 31.1 Å². The highest BCUT2D eigenvalue weighted by atomic mass is 35.5. The number of halogens is 3. The predicted molar refractivity (Wildman–Crippen MR) is 145 cm³/mol. The molecule has 0 bridgehead atoms. The maximum Gasteiger partial charge on any atom is 0.258 e. The van der Waals surface area contributed by atoms with Crippen LogP contribution in [0.15, 0.2) is 60.8 Å². The zero-order valence-electron chi connectivity index (χ0n) is 19.5. The van der Waals surface area contributed by atoms with E-state index in [0.29, 0.717) is 27.3 Å². The van der Waals surface area contributed by atoms with Crippen molar-refractivity contribution in [1.29, 1.82) is 0 Å². The largest absolute Gasteiger partial charge is 0.307 e. The van der Waals surface area contributed by atoms with Gasteiger partial charge in [-0.05, 0) is 74.3 Å². The molecule has 2 aromatic carbocycles. The fourth-order valence-corrected chi connectivity index (χ4v) is 5.86. The van der Waals surface area contributed by atoms with Gasteiger partial charge in [-0.2, -0.15) is 0 Å². The van der Waals surface area contributed by atoms with E-state index in [-0.39, 0.29) is 11.3 Å². The Kier molecular flexibility index (Phi) is 6.91. The summed E-state index contributed by atoms with van der Waals surface area (Å²) in [7, 11) is 0. The van der Waals surface area contributed by atoms with E-state index in [9.17, 15) is 4.79 Å². The van der Waals surface area contributed by atoms with E-state index in [1.165, 1.54) is 11.1 Å². The van der Waals surface area contributed by atoms with Crippen molar-refractivity contribution in [3.05, 3.63) is 98.3 Å². The summed E-state index contributed by atoms with van der Waals surface area (Å²) in [6, 6.07) is 15.4. The molecule has 0 atom stereocenters. The second-order valence-corrected chi connectivity index (χ2v) is 10.7. The number of hydrogen-bond acceptors (Lipinski definition) is 3. The number of aromatic nitrogens is 1. The molecular weight excluding hydrogens is 501 g/mol. The van der Waals surface area contributed by atoms with Crippen molar-refractivity contribution < 1.29 is 4.79 Å². The summed E-state index contributed by atoms with van der Waals surface area (Å²) in [5, 5.41) is 1.62. The minimum atomic E-state index is -0.0342. The average Bonchev–Trinajstić information content (AvgIpc) is 3.14. The third-order valence-electron chi connectivity index (χ3n) is 7.13. The Morgan fingerprint density at radius 1 is 1.06 bits per heavy atom. The van der Waals surface area contributed by atoms with Gasteiger partial charge in [0, 0.05) is 46.0 Å². The molecule has 3 aromatic rings. The molecule has 0 aliphatic carbocycles. The van der Waals surface area contributed by atoms with Gasteiger partial charge in [0.1, 0.15) is 5.15 Å². The maximum atomic E-state index is 13.5. The molecule has 180 valence electrons. The normalized spacial score (nSPS) is 17.3. The summed E-state index contributed by atoms with van der Waals surface area (Å²) in [6.45, 7) is 5.59. The molecule has 1 saturated heterocycles. The molecule has 35 heavy (non-hydrogen) atoms. The van der Waals surface area contributed by atoms with Crippen molar-refractivity contribution in [1.82, 2.24) is 9.88 Å². The number of nitrogens with zero attached hydrogens (tertiary/aromatic N) is 3. The Morgan fingerprint density at radius 3 is 2.60 bits per heavy atom. The van der Waals surface area contributed by atoms with Gasteiger partial charge in [0.25, 0.3) is 5.91 Å². The first-order chi connectivity index (χ1) is 16.8. The number of pyridine rings is 1. The number of piperidine rings is 1. The number of anilines is 1. The number of benzene rings is 2. The first-order valence-corrected chi connectivity index (χ1v) is 12.9. The lowest BCUT2D eigenvalue weighted by atomic mass is 9.74. The Hall–Kier alpha value is -2.37. The van der Waals surface area contributed by atoms with Crippen LogP contribution < -0.4 is 4.90 Å². The van der Waals surface area contributed by atoms with Gasteiger partial charge in [-0.1, -0.05) is 70.7 Å². The van der Waals surface area contributed by atoms with Crippen LogP contribution in [-0.4, -0.2) is 42.0 Å². The Labute approximate surface area is 221 Å². The van der Waals surface area contributed by atoms with E-state index < -0.39 is 0 Å². The number of likely N-dealkylation sites (tertiary alicyclic amines) is 1. The van der Waals surface area contributed by atoms with Gasteiger partial charge in [0.2, 0.25) is 0 Å². The van der Waals surface area contributed by atoms with E-state index >= 15 is 0 Å². The average molecular weight is 527 g/mol. The molecule has 5 rings (SSSR count). The van der Waals surface area contributed by atoms with Crippen LogP contribution in [0.4, 0.5) is 5.69 Å². The van der Waals surface area contributed by atoms with Crippen LogP contribution in [-0.2, 0) is 5.41 Å². The summed E-state index contributed by atoms with van der Waals surface area (Å²) in [5.74, 6) is -0.0264. The molecular formula is C28H26Cl3N3O. The van der Waals surface area contributed by atoms with Crippen LogP contribution in [0, 0.1) is 6.92 Å². The third-order valence-corrected chi connectivity index (χ3v) is 7.90. The second kappa shape index (κ2) is 9.94. The monoisotopic (exact) mass is 525 g/mol. The van der Waals surface area contributed by atoms with E-state index in [0.717, 1.165) is 43.7 Å². The summed E-state index contributed by atoms with van der Waals surface area (Å²) < 4.78 is 0. The molecule has 1 aromatic heterocycles. The van der Waals surface area contributed by atoms with E-state index in [4.69, 9.17) is 34.8 Å². The molecule has 7 heteroatoms. The Morgan fingerprint density at radius 2 is 1.86 bits per heavy atom. The van der Waals surface area contributed by atoms with Gasteiger partial charge in [-0.3, -0.25) is 9.69 Å². The van der Waals surface area contributed by atoms with Crippen LogP contribution in [0.5, 0.6) is 0 Å². The number of aryl methyl sites for hydroxylation is 1. The summed E-state index contributed by atoms with van der Waals surface area (Å²) in [5.41, 5.74) is 5.02. The topological polar surface area (TPSA) is 36.4 Å². The first-order valence-electron chi connectivity index (χ1n) is 11.7. The van der Waals surface area contributed by atoms with Crippen molar-refractivity contribution in [2.24, 2.45) is 0 Å². The number of amides is 1. The van der Waals surface area contributed by atoms with Gasteiger partial charge in [0.15, 0.2) is 0 Å². The summed E-state index contributed by atoms with van der Waals surface area (Å²) in [6.07, 6.45) is 7.79. The van der Waals surface area contributed by atoms with Gasteiger partial charge in [0.05, 0.1) is 0 Å². The van der Waals surface area contributed by atoms with E-state index in [1.54, 1.807) is 24.4 Å². The zero-order chi connectivity index (χ0) is 24.6.